The van der Waals surface area contributed by atoms with E-state index in [0.29, 0.717) is 17.9 Å². The molecule has 2 atom stereocenters. The Morgan fingerprint density at radius 3 is 2.44 bits per heavy atom. The molecule has 1 aromatic carbocycles. The Morgan fingerprint density at radius 2 is 1.94 bits per heavy atom. The molecule has 0 aromatic heterocycles. The van der Waals surface area contributed by atoms with E-state index in [1.54, 1.807) is 0 Å². The largest absolute Gasteiger partial charge is 0.391 e. The fourth-order valence-corrected chi connectivity index (χ4v) is 1.96. The molecule has 0 spiro atoms. The molecule has 0 unspecified atom stereocenters. The van der Waals surface area contributed by atoms with E-state index in [1.807, 2.05) is 0 Å². The summed E-state index contributed by atoms with van der Waals surface area (Å²) < 4.78 is 12.9. The van der Waals surface area contributed by atoms with Crippen LogP contribution >= 0.6 is 24.0 Å². The third-order valence-electron chi connectivity index (χ3n) is 2.78. The van der Waals surface area contributed by atoms with Gasteiger partial charge in [-0.1, -0.05) is 31.5 Å². The molecule has 0 radical (unpaired) electrons. The summed E-state index contributed by atoms with van der Waals surface area (Å²) in [6, 6.07) is 3.48. The Hall–Kier alpha value is -0.350. The lowest BCUT2D eigenvalue weighted by atomic mass is 9.96. The third kappa shape index (κ3) is 5.11. The number of hydrogen-bond acceptors (Lipinski definition) is 2. The lowest BCUT2D eigenvalue weighted by molar-refractivity contribution is 0.128. The van der Waals surface area contributed by atoms with Crippen molar-refractivity contribution in [3.05, 3.63) is 34.6 Å². The molecule has 0 aliphatic heterocycles. The summed E-state index contributed by atoms with van der Waals surface area (Å²) in [5, 5.41) is 10.2. The van der Waals surface area contributed by atoms with Gasteiger partial charge in [0.2, 0.25) is 0 Å². The minimum absolute atomic E-state index is 0. The molecule has 1 aromatic rings. The minimum atomic E-state index is -0.652. The van der Waals surface area contributed by atoms with Gasteiger partial charge in [-0.2, -0.15) is 0 Å². The van der Waals surface area contributed by atoms with Crippen LogP contribution in [0.25, 0.3) is 0 Å². The number of aliphatic hydroxyl groups is 1. The summed E-state index contributed by atoms with van der Waals surface area (Å²) in [7, 11) is 0. The lowest BCUT2D eigenvalue weighted by Crippen LogP contribution is -2.26. The molecule has 0 aliphatic rings. The molecule has 1 rings (SSSR count). The minimum Gasteiger partial charge on any atom is -0.391 e. The van der Waals surface area contributed by atoms with Crippen LogP contribution in [0.3, 0.4) is 0 Å². The van der Waals surface area contributed by atoms with Gasteiger partial charge in [-0.25, -0.2) is 4.39 Å². The van der Waals surface area contributed by atoms with Crippen LogP contribution in [0.1, 0.15) is 38.3 Å². The first-order chi connectivity index (χ1) is 7.91. The maximum absolute atomic E-state index is 12.9. The van der Waals surface area contributed by atoms with Crippen LogP contribution in [0.2, 0.25) is 5.02 Å². The van der Waals surface area contributed by atoms with Gasteiger partial charge in [0.25, 0.3) is 0 Å². The Morgan fingerprint density at radius 1 is 1.33 bits per heavy atom. The first-order valence-electron chi connectivity index (χ1n) is 5.80. The Kier molecular flexibility index (Phi) is 7.79. The number of rotatable bonds is 5. The predicted octanol–water partition coefficient (Wildman–Crippen LogP) is 3.70. The van der Waals surface area contributed by atoms with Crippen LogP contribution in [-0.4, -0.2) is 11.2 Å². The number of halogens is 3. The maximum Gasteiger partial charge on any atom is 0.124 e. The van der Waals surface area contributed by atoms with Crippen LogP contribution in [0.15, 0.2) is 18.2 Å². The number of aliphatic hydroxyl groups excluding tert-OH is 1. The summed E-state index contributed by atoms with van der Waals surface area (Å²) >= 11 is 5.90. The van der Waals surface area contributed by atoms with Crippen LogP contribution in [0.4, 0.5) is 4.39 Å². The topological polar surface area (TPSA) is 46.2 Å². The van der Waals surface area contributed by atoms with Gasteiger partial charge in [0, 0.05) is 5.02 Å². The van der Waals surface area contributed by atoms with E-state index in [4.69, 9.17) is 17.3 Å². The van der Waals surface area contributed by atoms with Crippen molar-refractivity contribution in [3.63, 3.8) is 0 Å². The van der Waals surface area contributed by atoms with Crippen LogP contribution in [0.5, 0.6) is 0 Å². The predicted molar refractivity (Wildman–Crippen MR) is 75.7 cm³/mol. The van der Waals surface area contributed by atoms with E-state index in [-0.39, 0.29) is 17.4 Å². The van der Waals surface area contributed by atoms with Crippen LogP contribution in [0, 0.1) is 11.7 Å². The second-order valence-corrected chi connectivity index (χ2v) is 5.14. The molecule has 0 amide bonds. The fourth-order valence-electron chi connectivity index (χ4n) is 1.66. The molecule has 0 fully saturated rings. The van der Waals surface area contributed by atoms with Gasteiger partial charge in [-0.15, -0.1) is 12.4 Å². The monoisotopic (exact) mass is 295 g/mol. The second kappa shape index (κ2) is 7.95. The van der Waals surface area contributed by atoms with Crippen LogP contribution < -0.4 is 5.73 Å². The van der Waals surface area contributed by atoms with Gasteiger partial charge in [0.1, 0.15) is 5.82 Å². The molecule has 104 valence electrons. The zero-order valence-electron chi connectivity index (χ0n) is 10.6. The Balaban J connectivity index is 0.00000289. The Bertz CT molecular complexity index is 374. The van der Waals surface area contributed by atoms with E-state index < -0.39 is 18.0 Å². The highest BCUT2D eigenvalue weighted by Crippen LogP contribution is 2.26. The van der Waals surface area contributed by atoms with Gasteiger partial charge in [0.05, 0.1) is 12.1 Å². The van der Waals surface area contributed by atoms with E-state index in [0.717, 1.165) is 6.42 Å². The van der Waals surface area contributed by atoms with Crippen molar-refractivity contribution in [1.29, 1.82) is 0 Å². The first-order valence-corrected chi connectivity index (χ1v) is 6.18. The van der Waals surface area contributed by atoms with Gasteiger partial charge < -0.3 is 10.8 Å². The molecule has 0 bridgehead atoms. The molecule has 0 saturated carbocycles. The normalized spacial score (nSPS) is 14.2. The van der Waals surface area contributed by atoms with Crippen molar-refractivity contribution in [2.24, 2.45) is 11.7 Å². The second-order valence-electron chi connectivity index (χ2n) is 4.73. The summed E-state index contributed by atoms with van der Waals surface area (Å²) in [6.45, 7) is 4.17. The first kappa shape index (κ1) is 17.6. The average Bonchev–Trinajstić information content (AvgIpc) is 2.25. The van der Waals surface area contributed by atoms with Crippen molar-refractivity contribution in [1.82, 2.24) is 0 Å². The highest BCUT2D eigenvalue weighted by atomic mass is 35.5. The number of nitrogens with two attached hydrogens (primary N) is 1. The molecule has 0 heterocycles. The van der Waals surface area contributed by atoms with Crippen molar-refractivity contribution in [3.8, 4) is 0 Å². The molecule has 18 heavy (non-hydrogen) atoms. The zero-order valence-corrected chi connectivity index (χ0v) is 12.1. The lowest BCUT2D eigenvalue weighted by Gasteiger charge is -2.21. The average molecular weight is 296 g/mol. The summed E-state index contributed by atoms with van der Waals surface area (Å²) in [4.78, 5) is 0. The fraction of sp³-hybridized carbons (Fsp3) is 0.538. The van der Waals surface area contributed by atoms with E-state index in [1.165, 1.54) is 18.2 Å². The summed E-state index contributed by atoms with van der Waals surface area (Å²) in [6.07, 6.45) is 0.862. The molecular weight excluding hydrogens is 276 g/mol. The molecular formula is C13H20Cl2FNO. The van der Waals surface area contributed by atoms with Gasteiger partial charge in [0.15, 0.2) is 0 Å². The number of benzene rings is 1. The van der Waals surface area contributed by atoms with E-state index >= 15 is 0 Å². The quantitative estimate of drug-likeness (QED) is 0.870. The zero-order chi connectivity index (χ0) is 13.0. The number of hydrogen-bond donors (Lipinski definition) is 2. The summed E-state index contributed by atoms with van der Waals surface area (Å²) in [5.74, 6) is 0.114. The molecule has 0 saturated heterocycles. The highest BCUT2D eigenvalue weighted by molar-refractivity contribution is 6.31. The highest BCUT2D eigenvalue weighted by Gasteiger charge is 2.19. The van der Waals surface area contributed by atoms with E-state index in [9.17, 15) is 9.50 Å². The van der Waals surface area contributed by atoms with Crippen molar-refractivity contribution in [2.45, 2.75) is 38.8 Å². The smallest absolute Gasteiger partial charge is 0.124 e. The van der Waals surface area contributed by atoms with Gasteiger partial charge in [-0.05, 0) is 36.5 Å². The molecule has 3 N–H and O–H groups in total. The standard InChI is InChI=1S/C13H19ClFNO.ClH/c1-8(2)3-6-12(17)13(16)10-5-4-9(15)7-11(10)14;/h4-5,7-8,12-13,17H,3,6,16H2,1-2H3;1H/t12-,13+;/m0./s1. The molecule has 5 heteroatoms. The van der Waals surface area contributed by atoms with Gasteiger partial charge in [-0.3, -0.25) is 0 Å². The van der Waals surface area contributed by atoms with Crippen molar-refractivity contribution < 1.29 is 9.50 Å². The van der Waals surface area contributed by atoms with Gasteiger partial charge >= 0.3 is 0 Å². The van der Waals surface area contributed by atoms with Crippen LogP contribution in [-0.2, 0) is 0 Å². The molecule has 0 aliphatic carbocycles. The third-order valence-corrected chi connectivity index (χ3v) is 3.10. The molecule has 2 nitrogen and oxygen atoms in total. The van der Waals surface area contributed by atoms with E-state index in [2.05, 4.69) is 13.8 Å². The van der Waals surface area contributed by atoms with Crippen molar-refractivity contribution in [2.75, 3.05) is 0 Å². The SMILES string of the molecule is CC(C)CC[C@H](O)[C@H](N)c1ccc(F)cc1Cl.Cl. The summed E-state index contributed by atoms with van der Waals surface area (Å²) in [5.41, 5.74) is 6.51. The van der Waals surface area contributed by atoms with Crippen molar-refractivity contribution >= 4 is 24.0 Å². The maximum atomic E-state index is 12.9. The Labute approximate surface area is 119 Å².